The maximum Gasteiger partial charge on any atom is 0.266 e. The minimum absolute atomic E-state index is 0.116. The molecule has 0 bridgehead atoms. The summed E-state index contributed by atoms with van der Waals surface area (Å²) in [6, 6.07) is 12.1. The zero-order valence-electron chi connectivity index (χ0n) is 14.1. The summed E-state index contributed by atoms with van der Waals surface area (Å²) in [5.41, 5.74) is 2.96. The van der Waals surface area contributed by atoms with Crippen LogP contribution in [0.5, 0.6) is 5.75 Å². The van der Waals surface area contributed by atoms with E-state index in [1.807, 2.05) is 25.1 Å². The second-order valence-corrected chi connectivity index (χ2v) is 8.07. The largest absolute Gasteiger partial charge is 0.490 e. The van der Waals surface area contributed by atoms with E-state index in [0.29, 0.717) is 15.8 Å². The van der Waals surface area contributed by atoms with Crippen LogP contribution in [0.4, 0.5) is 4.39 Å². The zero-order chi connectivity index (χ0) is 18.3. The van der Waals surface area contributed by atoms with E-state index in [1.165, 1.54) is 23.9 Å². The topological polar surface area (TPSA) is 29.5 Å². The van der Waals surface area contributed by atoms with Gasteiger partial charge in [0.25, 0.3) is 5.91 Å². The van der Waals surface area contributed by atoms with Crippen molar-refractivity contribution in [1.82, 2.24) is 4.90 Å². The summed E-state index contributed by atoms with van der Waals surface area (Å²) in [5, 5.41) is 0. The van der Waals surface area contributed by atoms with Crippen molar-refractivity contribution in [3.8, 4) is 5.75 Å². The maximum atomic E-state index is 13.0. The summed E-state index contributed by atoms with van der Waals surface area (Å²) in [5.74, 6) is 0.502. The monoisotopic (exact) mass is 385 g/mol. The molecule has 0 N–H and O–H groups in total. The number of thioether (sulfide) groups is 1. The number of hydrogen-bond acceptors (Lipinski definition) is 4. The first-order chi connectivity index (χ1) is 12.5. The molecule has 4 rings (SSSR count). The highest BCUT2D eigenvalue weighted by molar-refractivity contribution is 8.26. The Morgan fingerprint density at radius 3 is 2.85 bits per heavy atom. The first-order valence-electron chi connectivity index (χ1n) is 8.29. The van der Waals surface area contributed by atoms with E-state index in [0.717, 1.165) is 28.9 Å². The van der Waals surface area contributed by atoms with E-state index in [1.54, 1.807) is 17.0 Å². The Kier molecular flexibility index (Phi) is 4.54. The van der Waals surface area contributed by atoms with Crippen LogP contribution in [0.15, 0.2) is 47.4 Å². The van der Waals surface area contributed by atoms with Gasteiger partial charge in [-0.25, -0.2) is 4.39 Å². The highest BCUT2D eigenvalue weighted by Crippen LogP contribution is 2.35. The number of hydrogen-bond donors (Lipinski definition) is 0. The molecular formula is C20H16FNO2S2. The summed E-state index contributed by atoms with van der Waals surface area (Å²) < 4.78 is 19.3. The predicted octanol–water partition coefficient (Wildman–Crippen LogP) is 4.55. The second-order valence-electron chi connectivity index (χ2n) is 6.39. The van der Waals surface area contributed by atoms with Gasteiger partial charge in [0.15, 0.2) is 0 Å². The molecule has 1 fully saturated rings. The van der Waals surface area contributed by atoms with E-state index < -0.39 is 0 Å². The molecule has 0 aliphatic carbocycles. The van der Waals surface area contributed by atoms with Crippen molar-refractivity contribution in [3.05, 3.63) is 69.9 Å². The Morgan fingerprint density at radius 2 is 2.08 bits per heavy atom. The van der Waals surface area contributed by atoms with Crippen LogP contribution in [0.1, 0.15) is 23.6 Å². The molecule has 3 nitrogen and oxygen atoms in total. The summed E-state index contributed by atoms with van der Waals surface area (Å²) >= 11 is 6.66. The lowest BCUT2D eigenvalue weighted by Gasteiger charge is -2.14. The molecule has 6 heteroatoms. The number of carbonyl (C=O) groups is 1. The lowest BCUT2D eigenvalue weighted by Crippen LogP contribution is -2.27. The number of nitrogens with zero attached hydrogens (tertiary/aromatic N) is 1. The van der Waals surface area contributed by atoms with Gasteiger partial charge in [0.2, 0.25) is 0 Å². The number of ether oxygens (including phenoxy) is 1. The minimum atomic E-state index is -0.297. The third-order valence-corrected chi connectivity index (χ3v) is 5.72. The highest BCUT2D eigenvalue weighted by Gasteiger charge is 2.32. The molecule has 2 aliphatic rings. The molecule has 2 aliphatic heterocycles. The van der Waals surface area contributed by atoms with E-state index in [9.17, 15) is 9.18 Å². The smallest absolute Gasteiger partial charge is 0.266 e. The number of rotatable bonds is 3. The van der Waals surface area contributed by atoms with Crippen LogP contribution in [0.3, 0.4) is 0 Å². The standard InChI is InChI=1S/C20H16FNO2S2/c1-12-8-15-9-14(4-7-17(15)24-12)10-18-19(23)22(20(25)26-18)11-13-2-5-16(21)6-3-13/h2-7,9-10,12H,8,11H2,1H3/b18-10+/t12-/m1/s1. The average molecular weight is 385 g/mol. The molecule has 2 aromatic rings. The van der Waals surface area contributed by atoms with Gasteiger partial charge < -0.3 is 4.74 Å². The molecule has 2 heterocycles. The van der Waals surface area contributed by atoms with Gasteiger partial charge in [-0.1, -0.05) is 42.2 Å². The molecule has 26 heavy (non-hydrogen) atoms. The van der Waals surface area contributed by atoms with Gasteiger partial charge in [-0.05, 0) is 54.0 Å². The van der Waals surface area contributed by atoms with Crippen molar-refractivity contribution in [3.63, 3.8) is 0 Å². The fraction of sp³-hybridized carbons (Fsp3) is 0.200. The Morgan fingerprint density at radius 1 is 1.31 bits per heavy atom. The molecule has 0 spiro atoms. The molecule has 132 valence electrons. The van der Waals surface area contributed by atoms with Gasteiger partial charge in [-0.15, -0.1) is 0 Å². The number of benzene rings is 2. The second kappa shape index (κ2) is 6.85. The molecule has 0 saturated carbocycles. The lowest BCUT2D eigenvalue weighted by molar-refractivity contribution is -0.122. The fourth-order valence-corrected chi connectivity index (χ4v) is 4.35. The van der Waals surface area contributed by atoms with Crippen molar-refractivity contribution < 1.29 is 13.9 Å². The zero-order valence-corrected chi connectivity index (χ0v) is 15.7. The molecule has 1 saturated heterocycles. The number of halogens is 1. The van der Waals surface area contributed by atoms with Gasteiger partial charge >= 0.3 is 0 Å². The summed E-state index contributed by atoms with van der Waals surface area (Å²) in [4.78, 5) is 14.9. The van der Waals surface area contributed by atoms with Gasteiger partial charge in [0.1, 0.15) is 22.0 Å². The maximum absolute atomic E-state index is 13.0. The van der Waals surface area contributed by atoms with Crippen LogP contribution < -0.4 is 4.74 Å². The molecule has 0 radical (unpaired) electrons. The normalized spacial score (nSPS) is 20.6. The van der Waals surface area contributed by atoms with Crippen LogP contribution in [-0.4, -0.2) is 21.2 Å². The Balaban J connectivity index is 1.54. The van der Waals surface area contributed by atoms with Crippen molar-refractivity contribution >= 4 is 40.3 Å². The van der Waals surface area contributed by atoms with Crippen molar-refractivity contribution in [2.45, 2.75) is 26.0 Å². The third kappa shape index (κ3) is 3.39. The summed E-state index contributed by atoms with van der Waals surface area (Å²) in [7, 11) is 0. The number of thiocarbonyl (C=S) groups is 1. The Hall–Kier alpha value is -2.18. The summed E-state index contributed by atoms with van der Waals surface area (Å²) in [6.07, 6.45) is 2.93. The Labute approximate surface area is 160 Å². The van der Waals surface area contributed by atoms with Crippen LogP contribution in [0.25, 0.3) is 6.08 Å². The molecule has 0 unspecified atom stereocenters. The minimum Gasteiger partial charge on any atom is -0.490 e. The van der Waals surface area contributed by atoms with Gasteiger partial charge in [0, 0.05) is 6.42 Å². The van der Waals surface area contributed by atoms with E-state index >= 15 is 0 Å². The number of fused-ring (bicyclic) bond motifs is 1. The van der Waals surface area contributed by atoms with Crippen molar-refractivity contribution in [2.75, 3.05) is 0 Å². The predicted molar refractivity (Wildman–Crippen MR) is 105 cm³/mol. The molecular weight excluding hydrogens is 369 g/mol. The first kappa shape index (κ1) is 17.2. The molecule has 1 atom stereocenters. The van der Waals surface area contributed by atoms with Crippen molar-refractivity contribution in [1.29, 1.82) is 0 Å². The van der Waals surface area contributed by atoms with E-state index in [4.69, 9.17) is 17.0 Å². The van der Waals surface area contributed by atoms with Crippen molar-refractivity contribution in [2.24, 2.45) is 0 Å². The molecule has 1 amide bonds. The van der Waals surface area contributed by atoms with E-state index in [-0.39, 0.29) is 17.8 Å². The lowest BCUT2D eigenvalue weighted by atomic mass is 10.1. The van der Waals surface area contributed by atoms with Crippen LogP contribution >= 0.6 is 24.0 Å². The van der Waals surface area contributed by atoms with Gasteiger partial charge in [-0.2, -0.15) is 0 Å². The molecule has 0 aromatic heterocycles. The van der Waals surface area contributed by atoms with Crippen LogP contribution in [0, 0.1) is 5.82 Å². The van der Waals surface area contributed by atoms with Gasteiger partial charge in [-0.3, -0.25) is 9.69 Å². The van der Waals surface area contributed by atoms with Gasteiger partial charge in [0.05, 0.1) is 11.4 Å². The summed E-state index contributed by atoms with van der Waals surface area (Å²) in [6.45, 7) is 2.39. The quantitative estimate of drug-likeness (QED) is 0.573. The number of carbonyl (C=O) groups excluding carboxylic acids is 1. The third-order valence-electron chi connectivity index (χ3n) is 4.35. The molecule has 2 aromatic carbocycles. The highest BCUT2D eigenvalue weighted by atomic mass is 32.2. The SMILES string of the molecule is C[C@@H]1Cc2cc(/C=C3/SC(=S)N(Cc4ccc(F)cc4)C3=O)ccc2O1. The fourth-order valence-electron chi connectivity index (χ4n) is 3.09. The number of amides is 1. The average Bonchev–Trinajstić information content (AvgIpc) is 3.10. The Bertz CT molecular complexity index is 924. The van der Waals surface area contributed by atoms with Crippen LogP contribution in [0.2, 0.25) is 0 Å². The van der Waals surface area contributed by atoms with Crippen LogP contribution in [-0.2, 0) is 17.8 Å². The first-order valence-corrected chi connectivity index (χ1v) is 9.51. The van der Waals surface area contributed by atoms with E-state index in [2.05, 4.69) is 6.07 Å².